The standard InChI is InChI=1S/C16H29F3N2/c1-2-15(13-6-4-3-5-7-13)20-14-8-10-21(11-9-14)12-16(17,18)19/h13-15,20H,2-12H2,1H3. The Morgan fingerprint density at radius 2 is 1.67 bits per heavy atom. The molecule has 0 bridgehead atoms. The predicted molar refractivity (Wildman–Crippen MR) is 79.3 cm³/mol. The minimum Gasteiger partial charge on any atom is -0.311 e. The number of nitrogens with zero attached hydrogens (tertiary/aromatic N) is 1. The van der Waals surface area contributed by atoms with Crippen LogP contribution < -0.4 is 5.32 Å². The molecule has 1 saturated heterocycles. The molecule has 1 saturated carbocycles. The smallest absolute Gasteiger partial charge is 0.311 e. The van der Waals surface area contributed by atoms with Gasteiger partial charge in [0.05, 0.1) is 6.54 Å². The summed E-state index contributed by atoms with van der Waals surface area (Å²) in [7, 11) is 0. The van der Waals surface area contributed by atoms with Crippen LogP contribution in [0.15, 0.2) is 0 Å². The molecule has 0 aromatic rings. The monoisotopic (exact) mass is 306 g/mol. The first kappa shape index (κ1) is 17.1. The fraction of sp³-hybridized carbons (Fsp3) is 1.00. The van der Waals surface area contributed by atoms with Gasteiger partial charge < -0.3 is 5.32 Å². The lowest BCUT2D eigenvalue weighted by atomic mass is 9.82. The van der Waals surface area contributed by atoms with Gasteiger partial charge in [-0.2, -0.15) is 13.2 Å². The van der Waals surface area contributed by atoms with E-state index >= 15 is 0 Å². The molecule has 5 heteroatoms. The van der Waals surface area contributed by atoms with E-state index in [0.717, 1.165) is 25.2 Å². The number of rotatable bonds is 5. The molecule has 2 nitrogen and oxygen atoms in total. The van der Waals surface area contributed by atoms with E-state index in [1.54, 1.807) is 4.90 Å². The second kappa shape index (κ2) is 7.82. The third-order valence-corrected chi connectivity index (χ3v) is 5.10. The quantitative estimate of drug-likeness (QED) is 0.827. The van der Waals surface area contributed by atoms with E-state index in [9.17, 15) is 13.2 Å². The SMILES string of the molecule is CCC(NC1CCN(CC(F)(F)F)CC1)C1CCCCC1. The first-order valence-electron chi connectivity index (χ1n) is 8.53. The van der Waals surface area contributed by atoms with E-state index in [4.69, 9.17) is 0 Å². The maximum absolute atomic E-state index is 12.4. The predicted octanol–water partition coefficient (Wildman–Crippen LogP) is 3.96. The summed E-state index contributed by atoms with van der Waals surface area (Å²) in [5.74, 6) is 0.775. The van der Waals surface area contributed by atoms with Crippen molar-refractivity contribution in [1.29, 1.82) is 0 Å². The number of piperidine rings is 1. The Morgan fingerprint density at radius 1 is 1.05 bits per heavy atom. The van der Waals surface area contributed by atoms with Crippen LogP contribution in [0.3, 0.4) is 0 Å². The van der Waals surface area contributed by atoms with Gasteiger partial charge in [0, 0.05) is 12.1 Å². The van der Waals surface area contributed by atoms with Crippen LogP contribution in [0.4, 0.5) is 13.2 Å². The molecule has 0 aromatic heterocycles. The summed E-state index contributed by atoms with van der Waals surface area (Å²) in [6.45, 7) is 2.61. The fourth-order valence-electron chi connectivity index (χ4n) is 3.94. The van der Waals surface area contributed by atoms with Crippen LogP contribution in [0, 0.1) is 5.92 Å². The highest BCUT2D eigenvalue weighted by Gasteiger charge is 2.33. The van der Waals surface area contributed by atoms with E-state index < -0.39 is 12.7 Å². The van der Waals surface area contributed by atoms with Crippen molar-refractivity contribution < 1.29 is 13.2 Å². The molecule has 2 aliphatic rings. The molecule has 2 fully saturated rings. The molecule has 1 N–H and O–H groups in total. The summed E-state index contributed by atoms with van der Waals surface area (Å²) in [4.78, 5) is 1.54. The average Bonchev–Trinajstić information content (AvgIpc) is 2.46. The van der Waals surface area contributed by atoms with Crippen LogP contribution >= 0.6 is 0 Å². The van der Waals surface area contributed by atoms with Gasteiger partial charge in [0.25, 0.3) is 0 Å². The number of halogens is 3. The molecule has 21 heavy (non-hydrogen) atoms. The Kier molecular flexibility index (Phi) is 6.35. The van der Waals surface area contributed by atoms with Crippen molar-refractivity contribution in [1.82, 2.24) is 10.2 Å². The molecule has 0 radical (unpaired) electrons. The number of nitrogens with one attached hydrogen (secondary N) is 1. The molecule has 1 aliphatic carbocycles. The Labute approximate surface area is 126 Å². The summed E-state index contributed by atoms with van der Waals surface area (Å²) in [5.41, 5.74) is 0. The topological polar surface area (TPSA) is 15.3 Å². The summed E-state index contributed by atoms with van der Waals surface area (Å²) >= 11 is 0. The Morgan fingerprint density at radius 3 is 2.19 bits per heavy atom. The van der Waals surface area contributed by atoms with Gasteiger partial charge in [0.15, 0.2) is 0 Å². The van der Waals surface area contributed by atoms with Crippen LogP contribution in [-0.4, -0.2) is 42.8 Å². The van der Waals surface area contributed by atoms with Gasteiger partial charge in [0.2, 0.25) is 0 Å². The average molecular weight is 306 g/mol. The minimum absolute atomic E-state index is 0.404. The second-order valence-electron chi connectivity index (χ2n) is 6.75. The van der Waals surface area contributed by atoms with Gasteiger partial charge >= 0.3 is 6.18 Å². The third-order valence-electron chi connectivity index (χ3n) is 5.10. The van der Waals surface area contributed by atoms with Crippen molar-refractivity contribution >= 4 is 0 Å². The maximum atomic E-state index is 12.4. The number of hydrogen-bond acceptors (Lipinski definition) is 2. The van der Waals surface area contributed by atoms with E-state index in [-0.39, 0.29) is 0 Å². The first-order valence-corrected chi connectivity index (χ1v) is 8.53. The Bertz CT molecular complexity index is 292. The molecule has 1 unspecified atom stereocenters. The third kappa shape index (κ3) is 5.78. The van der Waals surface area contributed by atoms with E-state index in [1.807, 2.05) is 0 Å². The number of likely N-dealkylation sites (tertiary alicyclic amines) is 1. The van der Waals surface area contributed by atoms with Gasteiger partial charge in [-0.3, -0.25) is 4.90 Å². The number of alkyl halides is 3. The van der Waals surface area contributed by atoms with Crippen LogP contribution in [-0.2, 0) is 0 Å². The lowest BCUT2D eigenvalue weighted by molar-refractivity contribution is -0.148. The highest BCUT2D eigenvalue weighted by atomic mass is 19.4. The fourth-order valence-corrected chi connectivity index (χ4v) is 3.94. The van der Waals surface area contributed by atoms with Crippen LogP contribution in [0.5, 0.6) is 0 Å². The van der Waals surface area contributed by atoms with Crippen molar-refractivity contribution in [3.8, 4) is 0 Å². The molecule has 0 amide bonds. The summed E-state index contributed by atoms with van der Waals surface area (Å²) < 4.78 is 37.2. The zero-order chi connectivity index (χ0) is 15.3. The van der Waals surface area contributed by atoms with Crippen LogP contribution in [0.1, 0.15) is 58.3 Å². The number of hydrogen-bond donors (Lipinski definition) is 1. The first-order chi connectivity index (χ1) is 9.98. The van der Waals surface area contributed by atoms with Crippen LogP contribution in [0.2, 0.25) is 0 Å². The highest BCUT2D eigenvalue weighted by Crippen LogP contribution is 2.28. The highest BCUT2D eigenvalue weighted by molar-refractivity contribution is 4.85. The lowest BCUT2D eigenvalue weighted by Crippen LogP contribution is -2.49. The summed E-state index contributed by atoms with van der Waals surface area (Å²) in [6, 6.07) is 0.964. The van der Waals surface area contributed by atoms with Crippen molar-refractivity contribution in [2.75, 3.05) is 19.6 Å². The van der Waals surface area contributed by atoms with Crippen molar-refractivity contribution in [3.63, 3.8) is 0 Å². The van der Waals surface area contributed by atoms with Gasteiger partial charge in [-0.1, -0.05) is 26.2 Å². The summed E-state index contributed by atoms with van der Waals surface area (Å²) in [6.07, 6.45) is 5.44. The van der Waals surface area contributed by atoms with Gasteiger partial charge in [-0.15, -0.1) is 0 Å². The van der Waals surface area contributed by atoms with E-state index in [2.05, 4.69) is 12.2 Å². The Balaban J connectivity index is 1.73. The summed E-state index contributed by atoms with van der Waals surface area (Å²) in [5, 5.41) is 3.75. The van der Waals surface area contributed by atoms with E-state index in [0.29, 0.717) is 25.2 Å². The molecule has 1 aliphatic heterocycles. The van der Waals surface area contributed by atoms with Crippen molar-refractivity contribution in [2.45, 2.75) is 76.6 Å². The van der Waals surface area contributed by atoms with Gasteiger partial charge in [-0.25, -0.2) is 0 Å². The molecule has 1 atom stereocenters. The van der Waals surface area contributed by atoms with Crippen molar-refractivity contribution in [3.05, 3.63) is 0 Å². The Hall–Kier alpha value is -0.290. The molecule has 2 rings (SSSR count). The zero-order valence-electron chi connectivity index (χ0n) is 13.1. The lowest BCUT2D eigenvalue weighted by Gasteiger charge is -2.37. The molecular weight excluding hydrogens is 277 g/mol. The zero-order valence-corrected chi connectivity index (χ0v) is 13.1. The molecule has 0 aromatic carbocycles. The molecule has 124 valence electrons. The van der Waals surface area contributed by atoms with Crippen LogP contribution in [0.25, 0.3) is 0 Å². The minimum atomic E-state index is -4.06. The van der Waals surface area contributed by atoms with Crippen molar-refractivity contribution in [2.24, 2.45) is 5.92 Å². The molecule has 0 spiro atoms. The maximum Gasteiger partial charge on any atom is 0.401 e. The van der Waals surface area contributed by atoms with Gasteiger partial charge in [0.1, 0.15) is 0 Å². The largest absolute Gasteiger partial charge is 0.401 e. The normalized spacial score (nSPS) is 25.1. The van der Waals surface area contributed by atoms with E-state index in [1.165, 1.54) is 32.1 Å². The molecule has 1 heterocycles. The van der Waals surface area contributed by atoms with Gasteiger partial charge in [-0.05, 0) is 51.1 Å². The second-order valence-corrected chi connectivity index (χ2v) is 6.75. The molecular formula is C16H29F3N2.